The minimum Gasteiger partial charge on any atom is -0.480 e. The first-order chi connectivity index (χ1) is 10.2. The first-order valence-corrected chi connectivity index (χ1v) is 8.59. The second kappa shape index (κ2) is 5.91. The molecule has 0 saturated carbocycles. The molecule has 1 heterocycles. The van der Waals surface area contributed by atoms with E-state index in [1.807, 2.05) is 0 Å². The third-order valence-electron chi connectivity index (χ3n) is 3.67. The van der Waals surface area contributed by atoms with Crippen LogP contribution in [0.3, 0.4) is 0 Å². The SMILES string of the molecule is CS(=O)(=O)c1ccc(N2CCCC[C@H]2C(=O)O)c([N+](=O)[O-])c1. The van der Waals surface area contributed by atoms with Crippen molar-refractivity contribution in [3.05, 3.63) is 28.3 Å². The fourth-order valence-electron chi connectivity index (χ4n) is 2.60. The zero-order chi connectivity index (χ0) is 16.5. The summed E-state index contributed by atoms with van der Waals surface area (Å²) < 4.78 is 23.1. The number of rotatable bonds is 4. The molecule has 9 heteroatoms. The number of nitrogens with zero attached hydrogens (tertiary/aromatic N) is 2. The summed E-state index contributed by atoms with van der Waals surface area (Å²) in [7, 11) is -3.58. The van der Waals surface area contributed by atoms with E-state index < -0.39 is 32.5 Å². The van der Waals surface area contributed by atoms with E-state index in [1.54, 1.807) is 0 Å². The van der Waals surface area contributed by atoms with E-state index in [0.29, 0.717) is 13.0 Å². The Morgan fingerprint density at radius 3 is 2.64 bits per heavy atom. The Morgan fingerprint density at radius 2 is 2.09 bits per heavy atom. The summed E-state index contributed by atoms with van der Waals surface area (Å²) in [6.45, 7) is 0.385. The highest BCUT2D eigenvalue weighted by Crippen LogP contribution is 2.34. The van der Waals surface area contributed by atoms with Crippen molar-refractivity contribution in [2.45, 2.75) is 30.2 Å². The lowest BCUT2D eigenvalue weighted by Crippen LogP contribution is -2.45. The second-order valence-electron chi connectivity index (χ2n) is 5.22. The number of benzene rings is 1. The first-order valence-electron chi connectivity index (χ1n) is 6.70. The van der Waals surface area contributed by atoms with Gasteiger partial charge in [0.05, 0.1) is 9.82 Å². The van der Waals surface area contributed by atoms with E-state index in [2.05, 4.69) is 0 Å². The number of piperidine rings is 1. The molecule has 1 fully saturated rings. The maximum absolute atomic E-state index is 11.5. The van der Waals surface area contributed by atoms with Gasteiger partial charge in [0.15, 0.2) is 9.84 Å². The molecule has 1 aromatic carbocycles. The lowest BCUT2D eigenvalue weighted by Gasteiger charge is -2.34. The summed E-state index contributed by atoms with van der Waals surface area (Å²) in [6, 6.07) is 2.73. The molecule has 22 heavy (non-hydrogen) atoms. The number of carbonyl (C=O) groups is 1. The minimum absolute atomic E-state index is 0.143. The topological polar surface area (TPSA) is 118 Å². The summed E-state index contributed by atoms with van der Waals surface area (Å²) in [4.78, 5) is 23.2. The van der Waals surface area contributed by atoms with Crippen molar-refractivity contribution in [3.63, 3.8) is 0 Å². The van der Waals surface area contributed by atoms with Gasteiger partial charge in [-0.25, -0.2) is 13.2 Å². The zero-order valence-electron chi connectivity index (χ0n) is 11.9. The fourth-order valence-corrected chi connectivity index (χ4v) is 3.24. The highest BCUT2D eigenvalue weighted by molar-refractivity contribution is 7.90. The van der Waals surface area contributed by atoms with Crippen LogP contribution in [0.5, 0.6) is 0 Å². The van der Waals surface area contributed by atoms with Crippen LogP contribution in [-0.2, 0) is 14.6 Å². The monoisotopic (exact) mass is 328 g/mol. The average molecular weight is 328 g/mol. The average Bonchev–Trinajstić information content (AvgIpc) is 2.45. The number of carboxylic acid groups (broad SMARTS) is 1. The van der Waals surface area contributed by atoms with E-state index in [9.17, 15) is 28.4 Å². The standard InChI is InChI=1S/C13H16N2O6S/c1-22(20,21)9-5-6-10(12(8-9)15(18)19)14-7-3-2-4-11(14)13(16)17/h5-6,8,11H,2-4,7H2,1H3,(H,16,17)/t11-/m0/s1. The van der Waals surface area contributed by atoms with Gasteiger partial charge in [-0.15, -0.1) is 0 Å². The quantitative estimate of drug-likeness (QED) is 0.656. The van der Waals surface area contributed by atoms with E-state index >= 15 is 0 Å². The van der Waals surface area contributed by atoms with Gasteiger partial charge in [0.2, 0.25) is 0 Å². The van der Waals surface area contributed by atoms with Crippen LogP contribution < -0.4 is 4.90 Å². The van der Waals surface area contributed by atoms with Gasteiger partial charge in [-0.3, -0.25) is 10.1 Å². The number of nitro benzene ring substituents is 1. The molecule has 0 bridgehead atoms. The lowest BCUT2D eigenvalue weighted by molar-refractivity contribution is -0.384. The molecule has 0 aromatic heterocycles. The molecule has 0 unspecified atom stereocenters. The number of aliphatic carboxylic acids is 1. The van der Waals surface area contributed by atoms with E-state index in [-0.39, 0.29) is 10.6 Å². The van der Waals surface area contributed by atoms with Crippen molar-refractivity contribution >= 4 is 27.2 Å². The Morgan fingerprint density at radius 1 is 1.41 bits per heavy atom. The number of nitro groups is 1. The Labute approximate surface area is 127 Å². The summed E-state index contributed by atoms with van der Waals surface area (Å²) in [6.07, 6.45) is 2.84. The molecular formula is C13H16N2O6S. The van der Waals surface area contributed by atoms with Crippen LogP contribution >= 0.6 is 0 Å². The highest BCUT2D eigenvalue weighted by Gasteiger charge is 2.33. The van der Waals surface area contributed by atoms with Crippen molar-refractivity contribution in [2.24, 2.45) is 0 Å². The van der Waals surface area contributed by atoms with Crippen molar-refractivity contribution in [1.29, 1.82) is 0 Å². The maximum atomic E-state index is 11.5. The summed E-state index contributed by atoms with van der Waals surface area (Å²) in [5.74, 6) is -1.04. The van der Waals surface area contributed by atoms with Gasteiger partial charge >= 0.3 is 5.97 Å². The summed E-state index contributed by atoms with van der Waals surface area (Å²) in [5, 5.41) is 20.5. The van der Waals surface area contributed by atoms with Crippen LogP contribution in [0.2, 0.25) is 0 Å². The molecule has 8 nitrogen and oxygen atoms in total. The number of carboxylic acids is 1. The van der Waals surface area contributed by atoms with Crippen molar-refractivity contribution in [2.75, 3.05) is 17.7 Å². The smallest absolute Gasteiger partial charge is 0.326 e. The first kappa shape index (κ1) is 16.2. The molecular weight excluding hydrogens is 312 g/mol. The van der Waals surface area contributed by atoms with Gasteiger partial charge in [0.25, 0.3) is 5.69 Å². The molecule has 1 N–H and O–H groups in total. The van der Waals surface area contributed by atoms with Gasteiger partial charge in [0.1, 0.15) is 11.7 Å². The zero-order valence-corrected chi connectivity index (χ0v) is 12.7. The molecule has 0 amide bonds. The molecule has 0 aliphatic carbocycles. The third kappa shape index (κ3) is 3.19. The Balaban J connectivity index is 2.54. The minimum atomic E-state index is -3.58. The molecule has 120 valence electrons. The van der Waals surface area contributed by atoms with Crippen molar-refractivity contribution in [3.8, 4) is 0 Å². The molecule has 1 aromatic rings. The Bertz CT molecular complexity index is 715. The predicted molar refractivity (Wildman–Crippen MR) is 78.8 cm³/mol. The van der Waals surface area contributed by atoms with Crippen molar-refractivity contribution < 1.29 is 23.2 Å². The molecule has 1 atom stereocenters. The number of anilines is 1. The lowest BCUT2D eigenvalue weighted by atomic mass is 10.0. The van der Waals surface area contributed by atoms with Gasteiger partial charge < -0.3 is 10.0 Å². The third-order valence-corrected chi connectivity index (χ3v) is 4.78. The molecule has 1 saturated heterocycles. The summed E-state index contributed by atoms with van der Waals surface area (Å²) in [5.41, 5.74) is -0.249. The van der Waals surface area contributed by atoms with E-state index in [1.165, 1.54) is 17.0 Å². The van der Waals surface area contributed by atoms with E-state index in [0.717, 1.165) is 25.2 Å². The maximum Gasteiger partial charge on any atom is 0.326 e. The normalized spacial score (nSPS) is 19.0. The van der Waals surface area contributed by atoms with Crippen LogP contribution in [0.1, 0.15) is 19.3 Å². The van der Waals surface area contributed by atoms with Gasteiger partial charge in [-0.2, -0.15) is 0 Å². The fraction of sp³-hybridized carbons (Fsp3) is 0.462. The Kier molecular flexibility index (Phi) is 4.36. The Hall–Kier alpha value is -2.16. The molecule has 0 radical (unpaired) electrons. The van der Waals surface area contributed by atoms with Gasteiger partial charge in [-0.1, -0.05) is 0 Å². The number of hydrogen-bond acceptors (Lipinski definition) is 6. The largest absolute Gasteiger partial charge is 0.480 e. The van der Waals surface area contributed by atoms with Gasteiger partial charge in [0, 0.05) is 18.9 Å². The highest BCUT2D eigenvalue weighted by atomic mass is 32.2. The predicted octanol–water partition coefficient (Wildman–Crippen LogP) is 1.44. The van der Waals surface area contributed by atoms with Crippen LogP contribution in [-0.4, -0.2) is 43.3 Å². The molecule has 2 rings (SSSR count). The van der Waals surface area contributed by atoms with Crippen LogP contribution in [0.15, 0.2) is 23.1 Å². The van der Waals surface area contributed by atoms with Crippen LogP contribution in [0, 0.1) is 10.1 Å². The molecule has 1 aliphatic heterocycles. The molecule has 1 aliphatic rings. The summed E-state index contributed by atoms with van der Waals surface area (Å²) >= 11 is 0. The van der Waals surface area contributed by atoms with Crippen molar-refractivity contribution in [1.82, 2.24) is 0 Å². The van der Waals surface area contributed by atoms with Gasteiger partial charge in [-0.05, 0) is 31.4 Å². The number of hydrogen-bond donors (Lipinski definition) is 1. The van der Waals surface area contributed by atoms with Crippen LogP contribution in [0.4, 0.5) is 11.4 Å². The second-order valence-corrected chi connectivity index (χ2v) is 7.24. The van der Waals surface area contributed by atoms with E-state index in [4.69, 9.17) is 0 Å². The van der Waals surface area contributed by atoms with Crippen LogP contribution in [0.25, 0.3) is 0 Å². The number of sulfone groups is 1. The molecule has 0 spiro atoms.